The van der Waals surface area contributed by atoms with Crippen LogP contribution >= 0.6 is 24.2 Å². The van der Waals surface area contributed by atoms with E-state index < -0.39 is 17.1 Å². The van der Waals surface area contributed by atoms with Gasteiger partial charge in [0.15, 0.2) is 0 Å². The molecule has 3 rings (SSSR count). The second-order valence-corrected chi connectivity index (χ2v) is 6.66. The number of rotatable bonds is 5. The predicted molar refractivity (Wildman–Crippen MR) is 116 cm³/mol. The maximum absolute atomic E-state index is 12.4. The van der Waals surface area contributed by atoms with Crippen LogP contribution in [0.1, 0.15) is 29.8 Å². The zero-order valence-corrected chi connectivity index (χ0v) is 17.2. The molecule has 2 aromatic carbocycles. The number of hydrogen-bond donors (Lipinski definition) is 3. The van der Waals surface area contributed by atoms with Crippen LogP contribution in [0.15, 0.2) is 59.4 Å². The molecule has 1 amide bonds. The smallest absolute Gasteiger partial charge is 0.251 e. The van der Waals surface area contributed by atoms with E-state index in [4.69, 9.17) is 11.6 Å². The SMILES string of the molecule is CC.O=C(NC(Cc1cc(=O)[nH]c2ccccc12)C(=O)S)c1ccc(Cl)cc1. The molecule has 1 aromatic heterocycles. The van der Waals surface area contributed by atoms with Gasteiger partial charge < -0.3 is 10.3 Å². The summed E-state index contributed by atoms with van der Waals surface area (Å²) in [6, 6.07) is 14.2. The van der Waals surface area contributed by atoms with Gasteiger partial charge in [-0.05, 0) is 35.9 Å². The third-order valence-corrected chi connectivity index (χ3v) is 4.53. The minimum Gasteiger partial charge on any atom is -0.341 e. The molecule has 5 nitrogen and oxygen atoms in total. The normalized spacial score (nSPS) is 11.3. The van der Waals surface area contributed by atoms with Gasteiger partial charge >= 0.3 is 0 Å². The van der Waals surface area contributed by atoms with Gasteiger partial charge in [0.05, 0.1) is 0 Å². The Kier molecular flexibility index (Phi) is 7.84. The molecule has 0 bridgehead atoms. The molecule has 3 aromatic rings. The molecule has 0 aliphatic rings. The monoisotopic (exact) mass is 416 g/mol. The number of para-hydroxylation sites is 1. The highest BCUT2D eigenvalue weighted by atomic mass is 35.5. The number of aromatic amines is 1. The van der Waals surface area contributed by atoms with E-state index in [9.17, 15) is 14.4 Å². The molecular formula is C21H21ClN2O3S. The van der Waals surface area contributed by atoms with Gasteiger partial charge in [-0.15, -0.1) is 12.6 Å². The van der Waals surface area contributed by atoms with Crippen LogP contribution in [0.5, 0.6) is 0 Å². The molecule has 0 radical (unpaired) electrons. The van der Waals surface area contributed by atoms with Crippen LogP contribution < -0.4 is 10.9 Å². The number of halogens is 1. The van der Waals surface area contributed by atoms with Gasteiger partial charge in [0.1, 0.15) is 6.04 Å². The lowest BCUT2D eigenvalue weighted by Crippen LogP contribution is -2.40. The number of pyridine rings is 1. The molecule has 0 saturated heterocycles. The summed E-state index contributed by atoms with van der Waals surface area (Å²) in [5.74, 6) is -0.414. The van der Waals surface area contributed by atoms with Crippen molar-refractivity contribution in [1.29, 1.82) is 0 Å². The Morgan fingerprint density at radius 2 is 1.75 bits per heavy atom. The maximum atomic E-state index is 12.4. The van der Waals surface area contributed by atoms with E-state index >= 15 is 0 Å². The zero-order chi connectivity index (χ0) is 20.7. The number of thiol groups is 1. The van der Waals surface area contributed by atoms with Crippen LogP contribution in [0.3, 0.4) is 0 Å². The van der Waals surface area contributed by atoms with Crippen LogP contribution in [-0.4, -0.2) is 22.0 Å². The number of amides is 1. The summed E-state index contributed by atoms with van der Waals surface area (Å²) >= 11 is 9.71. The topological polar surface area (TPSA) is 79.0 Å². The van der Waals surface area contributed by atoms with Crippen molar-refractivity contribution in [3.8, 4) is 0 Å². The molecule has 0 fully saturated rings. The van der Waals surface area contributed by atoms with Crippen molar-refractivity contribution in [2.45, 2.75) is 26.3 Å². The van der Waals surface area contributed by atoms with Crippen molar-refractivity contribution in [2.75, 3.05) is 0 Å². The van der Waals surface area contributed by atoms with Crippen LogP contribution in [0, 0.1) is 0 Å². The van der Waals surface area contributed by atoms with Crippen molar-refractivity contribution in [3.05, 3.63) is 81.1 Å². The number of fused-ring (bicyclic) bond motifs is 1. The van der Waals surface area contributed by atoms with Gasteiger partial charge in [-0.2, -0.15) is 0 Å². The summed E-state index contributed by atoms with van der Waals surface area (Å²) in [4.78, 5) is 38.9. The summed E-state index contributed by atoms with van der Waals surface area (Å²) in [6.07, 6.45) is 0.159. The summed E-state index contributed by atoms with van der Waals surface area (Å²) in [5.41, 5.74) is 1.44. The highest BCUT2D eigenvalue weighted by molar-refractivity contribution is 7.96. The van der Waals surface area contributed by atoms with Crippen molar-refractivity contribution >= 4 is 46.2 Å². The third kappa shape index (κ3) is 5.47. The molecule has 2 N–H and O–H groups in total. The molecule has 1 heterocycles. The fraction of sp³-hybridized carbons (Fsp3) is 0.190. The highest BCUT2D eigenvalue weighted by Gasteiger charge is 2.20. The Balaban J connectivity index is 0.00000136. The fourth-order valence-corrected chi connectivity index (χ4v) is 2.99. The molecule has 7 heteroatoms. The summed E-state index contributed by atoms with van der Waals surface area (Å²) in [7, 11) is 0. The lowest BCUT2D eigenvalue weighted by atomic mass is 10.0. The number of carbonyl (C=O) groups is 2. The molecule has 0 aliphatic heterocycles. The molecule has 0 saturated carbocycles. The van der Waals surface area contributed by atoms with Crippen LogP contribution in [0.2, 0.25) is 5.02 Å². The first kappa shape index (κ1) is 21.7. The van der Waals surface area contributed by atoms with Crippen LogP contribution in [-0.2, 0) is 11.2 Å². The second-order valence-electron chi connectivity index (χ2n) is 5.78. The van der Waals surface area contributed by atoms with E-state index in [0.29, 0.717) is 21.7 Å². The van der Waals surface area contributed by atoms with Crippen LogP contribution in [0.4, 0.5) is 0 Å². The molecule has 28 heavy (non-hydrogen) atoms. The minimum absolute atomic E-state index is 0.159. The van der Waals surface area contributed by atoms with Crippen molar-refractivity contribution in [1.82, 2.24) is 10.3 Å². The van der Waals surface area contributed by atoms with Crippen molar-refractivity contribution in [3.63, 3.8) is 0 Å². The average Bonchev–Trinajstić information content (AvgIpc) is 2.69. The number of aromatic nitrogens is 1. The molecule has 146 valence electrons. The Labute approximate surface area is 173 Å². The van der Waals surface area contributed by atoms with E-state index in [2.05, 4.69) is 22.9 Å². The number of hydrogen-bond acceptors (Lipinski definition) is 3. The van der Waals surface area contributed by atoms with Gasteiger partial charge in [0.2, 0.25) is 10.7 Å². The van der Waals surface area contributed by atoms with Crippen LogP contribution in [0.25, 0.3) is 10.9 Å². The van der Waals surface area contributed by atoms with Crippen molar-refractivity contribution in [2.24, 2.45) is 0 Å². The lowest BCUT2D eigenvalue weighted by molar-refractivity contribution is -0.112. The van der Waals surface area contributed by atoms with Gasteiger partial charge in [0, 0.05) is 34.0 Å². The average molecular weight is 417 g/mol. The maximum Gasteiger partial charge on any atom is 0.251 e. The summed E-state index contributed by atoms with van der Waals surface area (Å²) in [6.45, 7) is 4.00. The van der Waals surface area contributed by atoms with Gasteiger partial charge in [0.25, 0.3) is 5.91 Å². The fourth-order valence-electron chi connectivity index (χ4n) is 2.71. The number of benzene rings is 2. The highest BCUT2D eigenvalue weighted by Crippen LogP contribution is 2.17. The molecule has 1 unspecified atom stereocenters. The van der Waals surface area contributed by atoms with E-state index in [1.54, 1.807) is 30.3 Å². The zero-order valence-electron chi connectivity index (χ0n) is 15.5. The number of carbonyl (C=O) groups excluding carboxylic acids is 2. The molecule has 0 spiro atoms. The second kappa shape index (κ2) is 10.1. The first-order chi connectivity index (χ1) is 13.4. The number of nitrogens with one attached hydrogen (secondary N) is 2. The van der Waals surface area contributed by atoms with Gasteiger partial charge in [-0.1, -0.05) is 43.6 Å². The van der Waals surface area contributed by atoms with Crippen molar-refractivity contribution < 1.29 is 9.59 Å². The summed E-state index contributed by atoms with van der Waals surface area (Å²) < 4.78 is 0. The molecule has 0 aliphatic carbocycles. The van der Waals surface area contributed by atoms with E-state index in [1.165, 1.54) is 6.07 Å². The van der Waals surface area contributed by atoms with Gasteiger partial charge in [-0.3, -0.25) is 14.4 Å². The quantitative estimate of drug-likeness (QED) is 0.550. The Morgan fingerprint density at radius 1 is 1.11 bits per heavy atom. The van der Waals surface area contributed by atoms with E-state index in [-0.39, 0.29) is 12.0 Å². The standard InChI is InChI=1S/C19H15ClN2O3S.C2H6/c20-13-7-5-11(6-8-13)18(24)22-16(19(25)26)9-12-10-17(23)21-15-4-2-1-3-14(12)15;1-2/h1-8,10,16H,9H2,(H,21,23)(H,22,24)(H,25,26);1-2H3. The van der Waals surface area contributed by atoms with Gasteiger partial charge in [-0.25, -0.2) is 0 Å². The van der Waals surface area contributed by atoms with E-state index in [1.807, 2.05) is 32.0 Å². The minimum atomic E-state index is -0.869. The number of H-pyrrole nitrogens is 1. The third-order valence-electron chi connectivity index (χ3n) is 3.97. The first-order valence-corrected chi connectivity index (χ1v) is 9.67. The Morgan fingerprint density at radius 3 is 2.39 bits per heavy atom. The molecule has 1 atom stereocenters. The Hall–Kier alpha value is -2.57. The summed E-state index contributed by atoms with van der Waals surface area (Å²) in [5, 5.41) is 3.50. The lowest BCUT2D eigenvalue weighted by Gasteiger charge is -2.16. The first-order valence-electron chi connectivity index (χ1n) is 8.84. The Bertz CT molecular complexity index is 1030. The van der Waals surface area contributed by atoms with E-state index in [0.717, 1.165) is 5.39 Å². The largest absolute Gasteiger partial charge is 0.341 e. The molecular weight excluding hydrogens is 396 g/mol. The predicted octanol–water partition coefficient (Wildman–Crippen LogP) is 4.01.